The number of rotatable bonds is 6. The number of aromatic nitrogens is 1. The van der Waals surface area contributed by atoms with Gasteiger partial charge in [-0.3, -0.25) is 4.79 Å². The third kappa shape index (κ3) is 4.08. The molecule has 7 nitrogen and oxygen atoms in total. The minimum Gasteiger partial charge on any atom is -0.436 e. The van der Waals surface area contributed by atoms with E-state index in [2.05, 4.69) is 10.3 Å². The summed E-state index contributed by atoms with van der Waals surface area (Å²) < 4.78 is 32.6. The van der Waals surface area contributed by atoms with Gasteiger partial charge in [-0.15, -0.1) is 0 Å². The van der Waals surface area contributed by atoms with Crippen molar-refractivity contribution in [2.45, 2.75) is 24.2 Å². The summed E-state index contributed by atoms with van der Waals surface area (Å²) in [5.41, 5.74) is 2.18. The Labute approximate surface area is 169 Å². The van der Waals surface area contributed by atoms with Gasteiger partial charge in [0.15, 0.2) is 11.9 Å². The zero-order chi connectivity index (χ0) is 20.3. The van der Waals surface area contributed by atoms with Gasteiger partial charge in [-0.2, -0.15) is 4.31 Å². The van der Waals surface area contributed by atoms with E-state index in [9.17, 15) is 13.2 Å². The molecule has 1 saturated heterocycles. The van der Waals surface area contributed by atoms with E-state index in [4.69, 9.17) is 4.42 Å². The van der Waals surface area contributed by atoms with Gasteiger partial charge >= 0.3 is 0 Å². The average Bonchev–Trinajstić information content (AvgIpc) is 3.19. The molecule has 4 rings (SSSR count). The SMILES string of the molecule is O=CC(=CNc1ccc(S(=O)(=O)N2CCCCC2)cc1)c1nc2ccccc2o1. The normalized spacial score (nSPS) is 16.1. The predicted molar refractivity (Wildman–Crippen MR) is 111 cm³/mol. The summed E-state index contributed by atoms with van der Waals surface area (Å²) in [5.74, 6) is 0.220. The number of para-hydroxylation sites is 2. The summed E-state index contributed by atoms with van der Waals surface area (Å²) in [6.07, 6.45) is 5.01. The fourth-order valence-corrected chi connectivity index (χ4v) is 4.80. The van der Waals surface area contributed by atoms with Gasteiger partial charge in [-0.05, 0) is 49.2 Å². The lowest BCUT2D eigenvalue weighted by molar-refractivity contribution is -0.103. The van der Waals surface area contributed by atoms with Crippen LogP contribution < -0.4 is 5.32 Å². The first kappa shape index (κ1) is 19.4. The highest BCUT2D eigenvalue weighted by Crippen LogP contribution is 2.23. The molecule has 0 unspecified atom stereocenters. The van der Waals surface area contributed by atoms with Crippen molar-refractivity contribution in [3.8, 4) is 0 Å². The molecule has 150 valence electrons. The van der Waals surface area contributed by atoms with Crippen molar-refractivity contribution in [1.29, 1.82) is 0 Å². The Hall–Kier alpha value is -2.97. The number of hydrogen-bond donors (Lipinski definition) is 1. The summed E-state index contributed by atoms with van der Waals surface area (Å²) >= 11 is 0. The number of anilines is 1. The Kier molecular flexibility index (Phi) is 5.46. The average molecular weight is 411 g/mol. The van der Waals surface area contributed by atoms with Crippen LogP contribution in [0.5, 0.6) is 0 Å². The summed E-state index contributed by atoms with van der Waals surface area (Å²) in [6, 6.07) is 13.7. The van der Waals surface area contributed by atoms with E-state index in [0.717, 1.165) is 19.3 Å². The molecule has 1 aliphatic rings. The lowest BCUT2D eigenvalue weighted by Crippen LogP contribution is -2.35. The number of benzene rings is 2. The van der Waals surface area contributed by atoms with E-state index < -0.39 is 10.0 Å². The standard InChI is InChI=1S/C21H21N3O4S/c25-15-16(21-23-19-6-2-3-7-20(19)28-21)14-22-17-8-10-18(11-9-17)29(26,27)24-12-4-1-5-13-24/h2-3,6-11,14-15,22H,1,4-5,12-13H2. The van der Waals surface area contributed by atoms with Crippen molar-refractivity contribution in [1.82, 2.24) is 9.29 Å². The summed E-state index contributed by atoms with van der Waals surface area (Å²) in [5, 5.41) is 2.99. The molecular formula is C21H21N3O4S. The van der Waals surface area contributed by atoms with E-state index in [1.165, 1.54) is 10.5 Å². The van der Waals surface area contributed by atoms with Crippen LogP contribution in [-0.4, -0.2) is 37.1 Å². The molecule has 1 N–H and O–H groups in total. The number of sulfonamides is 1. The molecule has 1 aromatic heterocycles. The molecule has 1 fully saturated rings. The highest BCUT2D eigenvalue weighted by Gasteiger charge is 2.25. The molecule has 29 heavy (non-hydrogen) atoms. The van der Waals surface area contributed by atoms with Crippen molar-refractivity contribution < 1.29 is 17.6 Å². The smallest absolute Gasteiger partial charge is 0.243 e. The van der Waals surface area contributed by atoms with Crippen molar-refractivity contribution in [3.05, 3.63) is 60.6 Å². The van der Waals surface area contributed by atoms with E-state index in [-0.39, 0.29) is 16.4 Å². The van der Waals surface area contributed by atoms with Crippen LogP contribution in [0.1, 0.15) is 25.2 Å². The number of allylic oxidation sites excluding steroid dienone is 1. The number of fused-ring (bicyclic) bond motifs is 1. The number of carbonyl (C=O) groups excluding carboxylic acids is 1. The number of carbonyl (C=O) groups is 1. The number of nitrogens with one attached hydrogen (secondary N) is 1. The molecule has 2 heterocycles. The molecule has 2 aromatic carbocycles. The van der Waals surface area contributed by atoms with Gasteiger partial charge < -0.3 is 9.73 Å². The number of aldehydes is 1. The van der Waals surface area contributed by atoms with E-state index in [0.29, 0.717) is 36.2 Å². The van der Waals surface area contributed by atoms with Crippen LogP contribution in [0.15, 0.2) is 64.0 Å². The van der Waals surface area contributed by atoms with Crippen LogP contribution in [0.3, 0.4) is 0 Å². The Morgan fingerprint density at radius 2 is 1.76 bits per heavy atom. The molecule has 0 atom stereocenters. The monoisotopic (exact) mass is 411 g/mol. The van der Waals surface area contributed by atoms with Crippen molar-refractivity contribution in [2.75, 3.05) is 18.4 Å². The van der Waals surface area contributed by atoms with Gasteiger partial charge in [0.2, 0.25) is 15.9 Å². The predicted octanol–water partition coefficient (Wildman–Crippen LogP) is 3.65. The molecule has 0 aliphatic carbocycles. The zero-order valence-corrected chi connectivity index (χ0v) is 16.6. The molecule has 8 heteroatoms. The number of hydrogen-bond acceptors (Lipinski definition) is 6. The Morgan fingerprint density at radius 3 is 2.45 bits per heavy atom. The van der Waals surface area contributed by atoms with Crippen molar-refractivity contribution in [2.24, 2.45) is 0 Å². The largest absolute Gasteiger partial charge is 0.436 e. The summed E-state index contributed by atoms with van der Waals surface area (Å²) in [6.45, 7) is 1.14. The van der Waals surface area contributed by atoms with Crippen molar-refractivity contribution >= 4 is 38.7 Å². The topological polar surface area (TPSA) is 92.5 Å². The molecule has 1 aliphatic heterocycles. The third-order valence-electron chi connectivity index (χ3n) is 4.87. The van der Waals surface area contributed by atoms with E-state index >= 15 is 0 Å². The molecule has 0 amide bonds. The first-order valence-corrected chi connectivity index (χ1v) is 10.9. The summed E-state index contributed by atoms with van der Waals surface area (Å²) in [7, 11) is -3.46. The zero-order valence-electron chi connectivity index (χ0n) is 15.7. The van der Waals surface area contributed by atoms with Crippen LogP contribution in [0.4, 0.5) is 5.69 Å². The number of nitrogens with zero attached hydrogens (tertiary/aromatic N) is 2. The van der Waals surface area contributed by atoms with Crippen LogP contribution in [0.2, 0.25) is 0 Å². The second kappa shape index (κ2) is 8.18. The fraction of sp³-hybridized carbons (Fsp3) is 0.238. The highest BCUT2D eigenvalue weighted by atomic mass is 32.2. The minimum atomic E-state index is -3.46. The van der Waals surface area contributed by atoms with Gasteiger partial charge in [-0.1, -0.05) is 18.6 Å². The van der Waals surface area contributed by atoms with Gasteiger partial charge in [-0.25, -0.2) is 13.4 Å². The van der Waals surface area contributed by atoms with Crippen LogP contribution in [-0.2, 0) is 14.8 Å². The van der Waals surface area contributed by atoms with Crippen LogP contribution >= 0.6 is 0 Å². The number of piperidine rings is 1. The summed E-state index contributed by atoms with van der Waals surface area (Å²) in [4.78, 5) is 16.0. The third-order valence-corrected chi connectivity index (χ3v) is 6.78. The van der Waals surface area contributed by atoms with E-state index in [1.54, 1.807) is 36.4 Å². The first-order valence-electron chi connectivity index (χ1n) is 9.46. The number of oxazole rings is 1. The van der Waals surface area contributed by atoms with Crippen LogP contribution in [0, 0.1) is 0 Å². The fourth-order valence-electron chi connectivity index (χ4n) is 3.28. The van der Waals surface area contributed by atoms with E-state index in [1.807, 2.05) is 12.1 Å². The Morgan fingerprint density at radius 1 is 1.03 bits per heavy atom. The maximum absolute atomic E-state index is 12.7. The lowest BCUT2D eigenvalue weighted by atomic mass is 10.2. The quantitative estimate of drug-likeness (QED) is 0.492. The second-order valence-electron chi connectivity index (χ2n) is 6.84. The van der Waals surface area contributed by atoms with Gasteiger partial charge in [0.05, 0.1) is 10.5 Å². The van der Waals surface area contributed by atoms with Crippen molar-refractivity contribution in [3.63, 3.8) is 0 Å². The highest BCUT2D eigenvalue weighted by molar-refractivity contribution is 7.89. The molecule has 0 radical (unpaired) electrons. The Bertz CT molecular complexity index is 1110. The lowest BCUT2D eigenvalue weighted by Gasteiger charge is -2.25. The molecule has 0 spiro atoms. The maximum Gasteiger partial charge on any atom is 0.243 e. The van der Waals surface area contributed by atoms with Gasteiger partial charge in [0, 0.05) is 25.0 Å². The molecule has 0 saturated carbocycles. The second-order valence-corrected chi connectivity index (χ2v) is 8.78. The molecule has 0 bridgehead atoms. The first-order chi connectivity index (χ1) is 14.1. The molecule has 3 aromatic rings. The van der Waals surface area contributed by atoms with Crippen LogP contribution in [0.25, 0.3) is 16.7 Å². The Balaban J connectivity index is 1.51. The molecular weight excluding hydrogens is 390 g/mol. The van der Waals surface area contributed by atoms with Gasteiger partial charge in [0.25, 0.3) is 0 Å². The minimum absolute atomic E-state index is 0.220. The van der Waals surface area contributed by atoms with Gasteiger partial charge in [0.1, 0.15) is 5.52 Å². The maximum atomic E-state index is 12.7.